The second-order valence-corrected chi connectivity index (χ2v) is 18.0. The van der Waals surface area contributed by atoms with Gasteiger partial charge < -0.3 is 9.80 Å². The van der Waals surface area contributed by atoms with Crippen LogP contribution in [-0.2, 0) is 0 Å². The lowest BCUT2D eigenvalue weighted by atomic mass is 9.83. The molecular weight excluding hydrogens is 733 g/mol. The normalized spacial score (nSPS) is 17.3. The summed E-state index contributed by atoms with van der Waals surface area (Å²) in [5.74, 6) is 2.59. The van der Waals surface area contributed by atoms with E-state index in [1.165, 1.54) is 0 Å². The Morgan fingerprint density at radius 2 is 0.717 bits per heavy atom. The van der Waals surface area contributed by atoms with E-state index in [1.54, 1.807) is 0 Å². The summed E-state index contributed by atoms with van der Waals surface area (Å²) < 4.78 is 0. The molecule has 0 spiro atoms. The Bertz CT molecular complexity index is 2580. The molecule has 2 aliphatic rings. The number of anilines is 2. The van der Waals surface area contributed by atoms with E-state index in [4.69, 9.17) is 20.0 Å². The molecule has 6 aromatic carbocycles. The Morgan fingerprint density at radius 3 is 1.20 bits per heavy atom. The van der Waals surface area contributed by atoms with E-state index in [1.807, 2.05) is 6.07 Å². The molecule has 0 fully saturated rings. The topological polar surface area (TPSA) is 57.0 Å². The summed E-state index contributed by atoms with van der Waals surface area (Å²) in [5, 5.41) is 0. The molecule has 60 heavy (non-hydrogen) atoms. The maximum atomic E-state index is 5.32. The predicted octanol–water partition coefficient (Wildman–Crippen LogP) is 12.8. The first-order chi connectivity index (χ1) is 28.7. The Balaban J connectivity index is 1.12. The van der Waals surface area contributed by atoms with Crippen LogP contribution in [0.2, 0.25) is 0 Å². The predicted molar refractivity (Wildman–Crippen MR) is 251 cm³/mol. The van der Waals surface area contributed by atoms with Gasteiger partial charge in [0.15, 0.2) is 5.82 Å². The van der Waals surface area contributed by atoms with Crippen LogP contribution in [0.3, 0.4) is 0 Å². The van der Waals surface area contributed by atoms with Gasteiger partial charge in [-0.1, -0.05) is 133 Å². The van der Waals surface area contributed by atoms with Crippen LogP contribution >= 0.6 is 0 Å². The molecule has 0 radical (unpaired) electrons. The fourth-order valence-corrected chi connectivity index (χ4v) is 8.33. The Morgan fingerprint density at radius 1 is 0.333 bits per heavy atom. The first kappa shape index (κ1) is 38.8. The lowest BCUT2D eigenvalue weighted by Gasteiger charge is -2.41. The third-order valence-electron chi connectivity index (χ3n) is 13.2. The second kappa shape index (κ2) is 14.6. The van der Waals surface area contributed by atoms with E-state index in [0.29, 0.717) is 5.82 Å². The van der Waals surface area contributed by atoms with Gasteiger partial charge in [-0.05, 0) is 103 Å². The van der Waals surface area contributed by atoms with E-state index >= 15 is 0 Å². The van der Waals surface area contributed by atoms with Gasteiger partial charge in [0.1, 0.15) is 11.7 Å². The summed E-state index contributed by atoms with van der Waals surface area (Å²) in [6.45, 7) is 18.0. The van der Waals surface area contributed by atoms with Gasteiger partial charge in [0, 0.05) is 39.2 Å². The number of nitrogens with zero attached hydrogens (tertiary/aromatic N) is 6. The number of rotatable bonds is 8. The van der Waals surface area contributed by atoms with Gasteiger partial charge in [-0.3, -0.25) is 9.98 Å². The lowest BCUT2D eigenvalue weighted by molar-refractivity contribution is 0.338. The third-order valence-corrected chi connectivity index (χ3v) is 13.2. The summed E-state index contributed by atoms with van der Waals surface area (Å²) in [4.78, 5) is 25.9. The molecular formula is C54H52N6. The second-order valence-electron chi connectivity index (χ2n) is 18.0. The van der Waals surface area contributed by atoms with E-state index in [0.717, 1.165) is 73.4 Å². The van der Waals surface area contributed by atoms with E-state index in [-0.39, 0.29) is 22.2 Å². The van der Waals surface area contributed by atoms with Crippen LogP contribution in [0.5, 0.6) is 0 Å². The molecule has 6 nitrogen and oxygen atoms in total. The lowest BCUT2D eigenvalue weighted by Crippen LogP contribution is -2.53. The largest absolute Gasteiger partial charge is 0.318 e. The highest BCUT2D eigenvalue weighted by Gasteiger charge is 2.50. The molecule has 0 unspecified atom stereocenters. The molecule has 9 rings (SSSR count). The number of amidine groups is 2. The maximum absolute atomic E-state index is 5.32. The molecule has 0 N–H and O–H groups in total. The van der Waals surface area contributed by atoms with Gasteiger partial charge in [0.2, 0.25) is 0 Å². The van der Waals surface area contributed by atoms with E-state index in [9.17, 15) is 0 Å². The van der Waals surface area contributed by atoms with Crippen LogP contribution in [0.1, 0.15) is 66.5 Å². The van der Waals surface area contributed by atoms with Crippen molar-refractivity contribution in [1.29, 1.82) is 0 Å². The highest BCUT2D eigenvalue weighted by atomic mass is 15.3. The Hall–Kier alpha value is -6.66. The highest BCUT2D eigenvalue weighted by Crippen LogP contribution is 2.44. The minimum absolute atomic E-state index is 0.237. The fraction of sp³-hybridized carbons (Fsp3) is 0.222. The SMILES string of the molecule is CC1(C)N=C(c2ccc(-c3cc(-c4cccc(-c5ccccc5)c4)nc(-c4ccc(C5=NC(C)(C)C(C)(C)N5c5ccccc5)cc4)n3)cc2)N(c2ccccc2)C1(C)C. The van der Waals surface area contributed by atoms with Crippen LogP contribution in [-0.4, -0.2) is 43.8 Å². The van der Waals surface area contributed by atoms with Crippen molar-refractivity contribution in [2.75, 3.05) is 9.80 Å². The van der Waals surface area contributed by atoms with Crippen LogP contribution in [0, 0.1) is 0 Å². The van der Waals surface area contributed by atoms with Crippen molar-refractivity contribution >= 4 is 23.0 Å². The average molecular weight is 785 g/mol. The van der Waals surface area contributed by atoms with E-state index in [2.05, 4.69) is 229 Å². The zero-order valence-electron chi connectivity index (χ0n) is 35.8. The Kier molecular flexibility index (Phi) is 9.42. The molecule has 0 atom stereocenters. The van der Waals surface area contributed by atoms with Crippen molar-refractivity contribution in [2.45, 2.75) is 77.5 Å². The zero-order valence-corrected chi connectivity index (χ0v) is 35.8. The van der Waals surface area contributed by atoms with Crippen molar-refractivity contribution in [3.8, 4) is 45.0 Å². The van der Waals surface area contributed by atoms with Crippen LogP contribution < -0.4 is 9.80 Å². The monoisotopic (exact) mass is 784 g/mol. The average Bonchev–Trinajstić information content (AvgIpc) is 3.59. The van der Waals surface area contributed by atoms with E-state index < -0.39 is 0 Å². The number of para-hydroxylation sites is 2. The number of aliphatic imine (C=N–C) groups is 2. The van der Waals surface area contributed by atoms with Crippen molar-refractivity contribution in [1.82, 2.24) is 9.97 Å². The molecule has 0 saturated carbocycles. The van der Waals surface area contributed by atoms with Crippen molar-refractivity contribution in [2.24, 2.45) is 9.98 Å². The van der Waals surface area contributed by atoms with Gasteiger partial charge in [0.25, 0.3) is 0 Å². The molecule has 7 aromatic rings. The number of aromatic nitrogens is 2. The van der Waals surface area contributed by atoms with Gasteiger partial charge >= 0.3 is 0 Å². The zero-order chi connectivity index (χ0) is 41.9. The number of hydrogen-bond acceptors (Lipinski definition) is 6. The fourth-order valence-electron chi connectivity index (χ4n) is 8.33. The quantitative estimate of drug-likeness (QED) is 0.154. The maximum Gasteiger partial charge on any atom is 0.160 e. The Labute approximate surface area is 355 Å². The summed E-state index contributed by atoms with van der Waals surface area (Å²) in [6, 6.07) is 59.6. The number of benzene rings is 6. The molecule has 3 heterocycles. The van der Waals surface area contributed by atoms with Gasteiger partial charge in [-0.15, -0.1) is 0 Å². The molecule has 0 aliphatic carbocycles. The summed E-state index contributed by atoms with van der Waals surface area (Å²) >= 11 is 0. The summed E-state index contributed by atoms with van der Waals surface area (Å²) in [5.41, 5.74) is 10.3. The molecule has 0 saturated heterocycles. The minimum Gasteiger partial charge on any atom is -0.318 e. The number of hydrogen-bond donors (Lipinski definition) is 0. The molecule has 298 valence electrons. The van der Waals surface area contributed by atoms with Crippen molar-refractivity contribution < 1.29 is 0 Å². The molecule has 2 aliphatic heterocycles. The van der Waals surface area contributed by atoms with Crippen molar-refractivity contribution in [3.63, 3.8) is 0 Å². The molecule has 6 heteroatoms. The molecule has 0 amide bonds. The molecule has 1 aromatic heterocycles. The third kappa shape index (κ3) is 6.70. The minimum atomic E-state index is -0.302. The van der Waals surface area contributed by atoms with Gasteiger partial charge in [-0.25, -0.2) is 9.97 Å². The van der Waals surface area contributed by atoms with Crippen LogP contribution in [0.25, 0.3) is 45.0 Å². The summed E-state index contributed by atoms with van der Waals surface area (Å²) in [7, 11) is 0. The highest BCUT2D eigenvalue weighted by molar-refractivity contribution is 6.14. The standard InChI is InChI=1S/C54H52N6/c1-51(2)53(5,6)59(44-23-14-10-15-24-44)49(57-51)40-31-27-38(28-32-40)46-36-47(43-22-18-21-42(35-43)37-19-12-9-13-20-37)56-48(55-46)39-29-33-41(34-30-39)50-58-52(3,4)54(7,8)60(50)45-25-16-11-17-26-45/h9-36H,1-8H3. The van der Waals surface area contributed by atoms with Gasteiger partial charge in [-0.2, -0.15) is 0 Å². The van der Waals surface area contributed by atoms with Gasteiger partial charge in [0.05, 0.1) is 33.5 Å². The first-order valence-corrected chi connectivity index (χ1v) is 20.9. The smallest absolute Gasteiger partial charge is 0.160 e. The first-order valence-electron chi connectivity index (χ1n) is 20.9. The van der Waals surface area contributed by atoms with Crippen molar-refractivity contribution in [3.05, 3.63) is 181 Å². The summed E-state index contributed by atoms with van der Waals surface area (Å²) in [6.07, 6.45) is 0. The van der Waals surface area contributed by atoms with Crippen LogP contribution in [0.15, 0.2) is 180 Å². The molecule has 0 bridgehead atoms. The van der Waals surface area contributed by atoms with Crippen LogP contribution in [0.4, 0.5) is 11.4 Å².